The molecule has 2 heteroatoms. The van der Waals surface area contributed by atoms with Crippen LogP contribution in [0.15, 0.2) is 10.5 Å². The zero-order valence-corrected chi connectivity index (χ0v) is 6.76. The summed E-state index contributed by atoms with van der Waals surface area (Å²) in [5, 5.41) is 0. The van der Waals surface area contributed by atoms with Crippen molar-refractivity contribution in [1.82, 2.24) is 0 Å². The van der Waals surface area contributed by atoms with Crippen molar-refractivity contribution in [2.75, 3.05) is 0 Å². The van der Waals surface area contributed by atoms with E-state index in [4.69, 9.17) is 10.2 Å². The summed E-state index contributed by atoms with van der Waals surface area (Å²) in [7, 11) is 0. The summed E-state index contributed by atoms with van der Waals surface area (Å²) in [5.74, 6) is 2.01. The minimum absolute atomic E-state index is 0.146. The minimum atomic E-state index is 0.146. The molecule has 0 aliphatic heterocycles. The maximum atomic E-state index is 5.87. The predicted molar refractivity (Wildman–Crippen MR) is 43.3 cm³/mol. The van der Waals surface area contributed by atoms with Crippen molar-refractivity contribution in [1.29, 1.82) is 0 Å². The van der Waals surface area contributed by atoms with Crippen LogP contribution in [-0.2, 0) is 6.42 Å². The summed E-state index contributed by atoms with van der Waals surface area (Å²) in [6.45, 7) is 1.98. The van der Waals surface area contributed by atoms with Gasteiger partial charge in [-0.1, -0.05) is 0 Å². The summed E-state index contributed by atoms with van der Waals surface area (Å²) < 4.78 is 5.49. The van der Waals surface area contributed by atoms with Crippen molar-refractivity contribution in [3.63, 3.8) is 0 Å². The van der Waals surface area contributed by atoms with Gasteiger partial charge in [0.05, 0.1) is 6.04 Å². The standard InChI is InChI=1S/C9H13NO/c1-6-5-7-3-2-4-8(10)9(7)11-6/h5,8H,2-4,10H2,1H3. The fraction of sp³-hybridized carbons (Fsp3) is 0.556. The molecule has 0 radical (unpaired) electrons. The maximum absolute atomic E-state index is 5.87. The molecule has 1 aromatic heterocycles. The lowest BCUT2D eigenvalue weighted by molar-refractivity contribution is 0.409. The smallest absolute Gasteiger partial charge is 0.124 e. The third kappa shape index (κ3) is 1.07. The molecular weight excluding hydrogens is 138 g/mol. The maximum Gasteiger partial charge on any atom is 0.124 e. The van der Waals surface area contributed by atoms with E-state index in [0.29, 0.717) is 0 Å². The third-order valence-electron chi connectivity index (χ3n) is 2.26. The van der Waals surface area contributed by atoms with Crippen molar-refractivity contribution in [2.45, 2.75) is 32.2 Å². The van der Waals surface area contributed by atoms with Crippen LogP contribution in [0.2, 0.25) is 0 Å². The predicted octanol–water partition coefficient (Wildman–Crippen LogP) is 1.92. The van der Waals surface area contributed by atoms with E-state index < -0.39 is 0 Å². The van der Waals surface area contributed by atoms with Crippen LogP contribution < -0.4 is 5.73 Å². The molecule has 0 aromatic carbocycles. The monoisotopic (exact) mass is 151 g/mol. The van der Waals surface area contributed by atoms with Crippen LogP contribution in [0.4, 0.5) is 0 Å². The van der Waals surface area contributed by atoms with Crippen LogP contribution >= 0.6 is 0 Å². The Kier molecular flexibility index (Phi) is 1.50. The van der Waals surface area contributed by atoms with Gasteiger partial charge in [0.2, 0.25) is 0 Å². The van der Waals surface area contributed by atoms with E-state index >= 15 is 0 Å². The van der Waals surface area contributed by atoms with E-state index in [0.717, 1.165) is 24.4 Å². The molecule has 1 aliphatic rings. The van der Waals surface area contributed by atoms with Crippen LogP contribution in [-0.4, -0.2) is 0 Å². The van der Waals surface area contributed by atoms with Gasteiger partial charge in [0, 0.05) is 0 Å². The SMILES string of the molecule is Cc1cc2c(o1)C(N)CCC2. The van der Waals surface area contributed by atoms with E-state index in [1.807, 2.05) is 6.92 Å². The molecule has 2 N–H and O–H groups in total. The van der Waals surface area contributed by atoms with Crippen molar-refractivity contribution in [2.24, 2.45) is 5.73 Å². The molecule has 0 saturated heterocycles. The average Bonchev–Trinajstić information content (AvgIpc) is 2.31. The summed E-state index contributed by atoms with van der Waals surface area (Å²) in [5.41, 5.74) is 7.19. The van der Waals surface area contributed by atoms with Gasteiger partial charge in [0.1, 0.15) is 11.5 Å². The normalized spacial score (nSPS) is 23.3. The lowest BCUT2D eigenvalue weighted by Gasteiger charge is -2.15. The molecule has 1 aliphatic carbocycles. The van der Waals surface area contributed by atoms with Gasteiger partial charge in [0.15, 0.2) is 0 Å². The fourth-order valence-electron chi connectivity index (χ4n) is 1.74. The molecule has 0 amide bonds. The zero-order chi connectivity index (χ0) is 7.84. The average molecular weight is 151 g/mol. The van der Waals surface area contributed by atoms with E-state index in [2.05, 4.69) is 6.07 Å². The van der Waals surface area contributed by atoms with E-state index in [-0.39, 0.29) is 6.04 Å². The van der Waals surface area contributed by atoms with Gasteiger partial charge in [-0.25, -0.2) is 0 Å². The second kappa shape index (κ2) is 2.38. The Morgan fingerprint density at radius 2 is 2.45 bits per heavy atom. The van der Waals surface area contributed by atoms with Crippen molar-refractivity contribution in [3.05, 3.63) is 23.2 Å². The van der Waals surface area contributed by atoms with Crippen molar-refractivity contribution >= 4 is 0 Å². The Bertz CT molecular complexity index is 265. The van der Waals surface area contributed by atoms with Gasteiger partial charge in [-0.2, -0.15) is 0 Å². The number of nitrogens with two attached hydrogens (primary N) is 1. The van der Waals surface area contributed by atoms with Gasteiger partial charge < -0.3 is 10.2 Å². The van der Waals surface area contributed by atoms with Gasteiger partial charge in [-0.05, 0) is 37.8 Å². The minimum Gasteiger partial charge on any atom is -0.464 e. The topological polar surface area (TPSA) is 39.2 Å². The number of rotatable bonds is 0. The molecule has 0 fully saturated rings. The second-order valence-electron chi connectivity index (χ2n) is 3.25. The molecule has 1 unspecified atom stereocenters. The molecule has 1 heterocycles. The largest absolute Gasteiger partial charge is 0.464 e. The van der Waals surface area contributed by atoms with Gasteiger partial charge in [0.25, 0.3) is 0 Å². The molecule has 11 heavy (non-hydrogen) atoms. The molecule has 0 bridgehead atoms. The fourth-order valence-corrected chi connectivity index (χ4v) is 1.74. The van der Waals surface area contributed by atoms with Crippen LogP contribution in [0.1, 0.15) is 36.0 Å². The highest BCUT2D eigenvalue weighted by Crippen LogP contribution is 2.29. The lowest BCUT2D eigenvalue weighted by Crippen LogP contribution is -2.15. The molecule has 1 atom stereocenters. The third-order valence-corrected chi connectivity index (χ3v) is 2.26. The van der Waals surface area contributed by atoms with Crippen LogP contribution in [0, 0.1) is 6.92 Å². The molecular formula is C9H13NO. The molecule has 2 rings (SSSR count). The van der Waals surface area contributed by atoms with Crippen molar-refractivity contribution < 1.29 is 4.42 Å². The Labute approximate surface area is 66.4 Å². The number of furan rings is 1. The highest BCUT2D eigenvalue weighted by molar-refractivity contribution is 5.25. The van der Waals surface area contributed by atoms with E-state index in [9.17, 15) is 0 Å². The summed E-state index contributed by atoms with van der Waals surface area (Å²) in [4.78, 5) is 0. The van der Waals surface area contributed by atoms with Gasteiger partial charge in [-0.15, -0.1) is 0 Å². The summed E-state index contributed by atoms with van der Waals surface area (Å²) in [6, 6.07) is 2.25. The summed E-state index contributed by atoms with van der Waals surface area (Å²) >= 11 is 0. The van der Waals surface area contributed by atoms with E-state index in [1.165, 1.54) is 12.0 Å². The number of hydrogen-bond acceptors (Lipinski definition) is 2. The molecule has 0 saturated carbocycles. The number of fused-ring (bicyclic) bond motifs is 1. The van der Waals surface area contributed by atoms with Crippen LogP contribution in [0.3, 0.4) is 0 Å². The first-order valence-electron chi connectivity index (χ1n) is 4.12. The molecule has 0 spiro atoms. The Morgan fingerprint density at radius 3 is 3.18 bits per heavy atom. The molecule has 60 valence electrons. The summed E-state index contributed by atoms with van der Waals surface area (Å²) in [6.07, 6.45) is 3.41. The number of hydrogen-bond donors (Lipinski definition) is 1. The number of aryl methyl sites for hydroxylation is 2. The quantitative estimate of drug-likeness (QED) is 0.615. The lowest BCUT2D eigenvalue weighted by atomic mass is 9.95. The Balaban J connectivity index is 2.43. The second-order valence-corrected chi connectivity index (χ2v) is 3.25. The first-order valence-corrected chi connectivity index (χ1v) is 4.12. The van der Waals surface area contributed by atoms with Gasteiger partial charge in [-0.3, -0.25) is 0 Å². The highest BCUT2D eigenvalue weighted by Gasteiger charge is 2.20. The zero-order valence-electron chi connectivity index (χ0n) is 6.76. The van der Waals surface area contributed by atoms with E-state index in [1.54, 1.807) is 0 Å². The Morgan fingerprint density at radius 1 is 1.64 bits per heavy atom. The first-order chi connectivity index (χ1) is 5.27. The van der Waals surface area contributed by atoms with Gasteiger partial charge >= 0.3 is 0 Å². The molecule has 2 nitrogen and oxygen atoms in total. The highest BCUT2D eigenvalue weighted by atomic mass is 16.3. The van der Waals surface area contributed by atoms with Crippen LogP contribution in [0.5, 0.6) is 0 Å². The van der Waals surface area contributed by atoms with Crippen molar-refractivity contribution in [3.8, 4) is 0 Å². The first kappa shape index (κ1) is 6.92. The molecule has 1 aromatic rings. The van der Waals surface area contributed by atoms with Crippen LogP contribution in [0.25, 0.3) is 0 Å². The Hall–Kier alpha value is -0.760.